The first kappa shape index (κ1) is 16.1. The van der Waals surface area contributed by atoms with Crippen LogP contribution in [0.5, 0.6) is 0 Å². The van der Waals surface area contributed by atoms with Crippen molar-refractivity contribution in [1.29, 1.82) is 0 Å². The Morgan fingerprint density at radius 3 is 1.50 bits per heavy atom. The van der Waals surface area contributed by atoms with Gasteiger partial charge in [-0.25, -0.2) is 0 Å². The third-order valence-corrected chi connectivity index (χ3v) is 2.47. The van der Waals surface area contributed by atoms with Crippen LogP contribution in [-0.4, -0.2) is 40.6 Å². The average Bonchev–Trinajstić information content (AvgIpc) is 2.49. The summed E-state index contributed by atoms with van der Waals surface area (Å²) < 4.78 is 0. The van der Waals surface area contributed by atoms with E-state index in [-0.39, 0.29) is 0 Å². The molecule has 0 saturated heterocycles. The van der Waals surface area contributed by atoms with Crippen LogP contribution in [0.25, 0.3) is 0 Å². The van der Waals surface area contributed by atoms with E-state index < -0.39 is 14.2 Å². The lowest BCUT2D eigenvalue weighted by Crippen LogP contribution is -2.29. The molecule has 0 amide bonds. The molecule has 102 valence electrons. The molecule has 0 heterocycles. The highest BCUT2D eigenvalue weighted by Crippen LogP contribution is 1.91. The van der Waals surface area contributed by atoms with Crippen LogP contribution in [0.3, 0.4) is 0 Å². The van der Waals surface area contributed by atoms with Crippen LogP contribution in [0, 0.1) is 0 Å². The van der Waals surface area contributed by atoms with Crippen LogP contribution in [0.15, 0.2) is 54.6 Å². The molecular formula is C13H14B2O5. The van der Waals surface area contributed by atoms with Gasteiger partial charge in [0.05, 0.1) is 0 Å². The fourth-order valence-electron chi connectivity index (χ4n) is 1.37. The summed E-state index contributed by atoms with van der Waals surface area (Å²) in [6, 6.07) is 14.7. The van der Waals surface area contributed by atoms with E-state index in [0.29, 0.717) is 22.8 Å². The zero-order valence-electron chi connectivity index (χ0n) is 10.6. The first-order valence-electron chi connectivity index (χ1n) is 5.87. The summed E-state index contributed by atoms with van der Waals surface area (Å²) in [6.45, 7) is 0. The van der Waals surface area contributed by atoms with E-state index in [1.54, 1.807) is 24.3 Å². The maximum atomic E-state index is 10.2. The minimum atomic E-state index is -1.46. The highest BCUT2D eigenvalue weighted by molar-refractivity contribution is 6.58. The quantitative estimate of drug-likeness (QED) is 0.404. The van der Waals surface area contributed by atoms with Crippen molar-refractivity contribution in [1.82, 2.24) is 0 Å². The number of rotatable bonds is 3. The number of hydrogen-bond acceptors (Lipinski definition) is 5. The van der Waals surface area contributed by atoms with Gasteiger partial charge in [-0.3, -0.25) is 4.79 Å². The summed E-state index contributed by atoms with van der Waals surface area (Å²) in [6.07, 6.45) is 0.702. The summed E-state index contributed by atoms with van der Waals surface area (Å²) >= 11 is 0. The molecule has 0 unspecified atom stereocenters. The summed E-state index contributed by atoms with van der Waals surface area (Å²) in [7, 11) is -2.80. The largest absolute Gasteiger partial charge is 0.488 e. The maximum absolute atomic E-state index is 10.2. The zero-order chi connectivity index (χ0) is 15.0. The molecule has 0 saturated carbocycles. The monoisotopic (exact) mass is 272 g/mol. The third kappa shape index (κ3) is 5.38. The second-order valence-electron chi connectivity index (χ2n) is 3.94. The van der Waals surface area contributed by atoms with E-state index in [2.05, 4.69) is 0 Å². The Bertz CT molecular complexity index is 514. The first-order valence-corrected chi connectivity index (χ1v) is 5.87. The van der Waals surface area contributed by atoms with Crippen molar-refractivity contribution in [3.8, 4) is 0 Å². The number of benzene rings is 2. The van der Waals surface area contributed by atoms with Crippen molar-refractivity contribution >= 4 is 31.4 Å². The van der Waals surface area contributed by atoms with Gasteiger partial charge in [-0.1, -0.05) is 54.6 Å². The van der Waals surface area contributed by atoms with Crippen molar-refractivity contribution in [3.05, 3.63) is 60.2 Å². The molecule has 2 aromatic rings. The van der Waals surface area contributed by atoms with Crippen LogP contribution in [-0.2, 0) is 0 Å². The topological polar surface area (TPSA) is 98.0 Å². The van der Waals surface area contributed by atoms with Gasteiger partial charge in [0.1, 0.15) is 6.29 Å². The summed E-state index contributed by atoms with van der Waals surface area (Å²) in [5.74, 6) is 0. The van der Waals surface area contributed by atoms with Gasteiger partial charge in [0.15, 0.2) is 0 Å². The zero-order valence-corrected chi connectivity index (χ0v) is 10.6. The number of carbonyl (C=O) groups is 1. The van der Waals surface area contributed by atoms with Gasteiger partial charge < -0.3 is 20.1 Å². The lowest BCUT2D eigenvalue weighted by molar-refractivity contribution is 0.112. The van der Waals surface area contributed by atoms with E-state index in [1.165, 1.54) is 24.3 Å². The Balaban J connectivity index is 0.000000204. The van der Waals surface area contributed by atoms with Gasteiger partial charge in [0, 0.05) is 5.56 Å². The van der Waals surface area contributed by atoms with Crippen molar-refractivity contribution in [2.75, 3.05) is 0 Å². The predicted molar refractivity (Wildman–Crippen MR) is 77.9 cm³/mol. The van der Waals surface area contributed by atoms with Crippen LogP contribution < -0.4 is 10.9 Å². The molecule has 0 spiro atoms. The number of aldehydes is 1. The molecule has 7 heteroatoms. The summed E-state index contributed by atoms with van der Waals surface area (Å²) in [5, 5.41) is 34.5. The van der Waals surface area contributed by atoms with E-state index in [9.17, 15) is 4.79 Å². The predicted octanol–water partition coefficient (Wildman–Crippen LogP) is -1.45. The second kappa shape index (κ2) is 8.29. The number of carbonyl (C=O) groups excluding carboxylic acids is 1. The molecule has 0 radical (unpaired) electrons. The highest BCUT2D eigenvalue weighted by atomic mass is 16.4. The highest BCUT2D eigenvalue weighted by Gasteiger charge is 2.09. The summed E-state index contributed by atoms with van der Waals surface area (Å²) in [5.41, 5.74) is 1.43. The summed E-state index contributed by atoms with van der Waals surface area (Å²) in [4.78, 5) is 10.2. The van der Waals surface area contributed by atoms with Crippen molar-refractivity contribution in [2.24, 2.45) is 0 Å². The molecule has 0 aliphatic rings. The third-order valence-electron chi connectivity index (χ3n) is 2.47. The fourth-order valence-corrected chi connectivity index (χ4v) is 1.37. The maximum Gasteiger partial charge on any atom is 0.488 e. The van der Waals surface area contributed by atoms with Crippen LogP contribution in [0.1, 0.15) is 10.4 Å². The SMILES string of the molecule is O=Cc1ccc(B(O)O)cc1.OB(O)c1ccccc1. The van der Waals surface area contributed by atoms with Gasteiger partial charge >= 0.3 is 14.2 Å². The van der Waals surface area contributed by atoms with Gasteiger partial charge in [-0.05, 0) is 10.9 Å². The second-order valence-corrected chi connectivity index (χ2v) is 3.94. The average molecular weight is 272 g/mol. The molecule has 4 N–H and O–H groups in total. The molecule has 5 nitrogen and oxygen atoms in total. The molecule has 0 atom stereocenters. The standard InChI is InChI=1S/C7H7BO3.C6H7BO2/c9-5-6-1-3-7(4-2-6)8(10)11;8-7(9)6-4-2-1-3-5-6/h1-5,10-11H;1-5,8-9H. The van der Waals surface area contributed by atoms with Gasteiger partial charge in [-0.15, -0.1) is 0 Å². The fraction of sp³-hybridized carbons (Fsp3) is 0. The smallest absolute Gasteiger partial charge is 0.423 e. The van der Waals surface area contributed by atoms with Gasteiger partial charge in [0.25, 0.3) is 0 Å². The molecule has 0 aromatic heterocycles. The van der Waals surface area contributed by atoms with E-state index in [4.69, 9.17) is 20.1 Å². The van der Waals surface area contributed by atoms with Gasteiger partial charge in [0.2, 0.25) is 0 Å². The first-order chi connectivity index (χ1) is 9.54. The van der Waals surface area contributed by atoms with Gasteiger partial charge in [-0.2, -0.15) is 0 Å². The molecule has 2 rings (SSSR count). The molecular weight excluding hydrogens is 258 g/mol. The lowest BCUT2D eigenvalue weighted by Gasteiger charge is -1.97. The Kier molecular flexibility index (Phi) is 6.69. The Morgan fingerprint density at radius 1 is 0.700 bits per heavy atom. The Labute approximate surface area is 117 Å². The van der Waals surface area contributed by atoms with Crippen molar-refractivity contribution < 1.29 is 24.9 Å². The molecule has 0 aliphatic heterocycles. The van der Waals surface area contributed by atoms with Crippen molar-refractivity contribution in [2.45, 2.75) is 0 Å². The molecule has 2 aromatic carbocycles. The molecule has 0 fully saturated rings. The van der Waals surface area contributed by atoms with Crippen LogP contribution in [0.2, 0.25) is 0 Å². The molecule has 0 bridgehead atoms. The van der Waals surface area contributed by atoms with E-state index in [1.807, 2.05) is 6.07 Å². The lowest BCUT2D eigenvalue weighted by atomic mass is 9.80. The van der Waals surface area contributed by atoms with E-state index >= 15 is 0 Å². The molecule has 20 heavy (non-hydrogen) atoms. The van der Waals surface area contributed by atoms with E-state index in [0.717, 1.165) is 0 Å². The molecule has 0 aliphatic carbocycles. The normalized spacial score (nSPS) is 9.20. The minimum Gasteiger partial charge on any atom is -0.423 e. The minimum absolute atomic E-state index is 0.385. The Morgan fingerprint density at radius 2 is 1.15 bits per heavy atom. The van der Waals surface area contributed by atoms with Crippen LogP contribution >= 0.6 is 0 Å². The number of hydrogen-bond donors (Lipinski definition) is 4. The van der Waals surface area contributed by atoms with Crippen LogP contribution in [0.4, 0.5) is 0 Å². The Hall–Kier alpha value is -1.92. The van der Waals surface area contributed by atoms with Crippen molar-refractivity contribution in [3.63, 3.8) is 0 Å².